The van der Waals surface area contributed by atoms with Crippen molar-refractivity contribution in [1.82, 2.24) is 10.3 Å². The van der Waals surface area contributed by atoms with Gasteiger partial charge in [-0.2, -0.15) is 13.2 Å². The standard InChI is InChI=1S/C12H11F3N4O/c13-12(14,15)6-17-11(20)9-5-7-3-1-2-4-8(7)10(18-9)19-16/h1-5H,6,16H2,(H,17,20)(H,18,19). The molecule has 0 bridgehead atoms. The maximum Gasteiger partial charge on any atom is 0.405 e. The number of anilines is 1. The molecule has 0 atom stereocenters. The molecular formula is C12H11F3N4O. The summed E-state index contributed by atoms with van der Waals surface area (Å²) in [4.78, 5) is 15.6. The number of rotatable bonds is 3. The maximum atomic E-state index is 12.1. The van der Waals surface area contributed by atoms with Crippen LogP contribution in [0.2, 0.25) is 0 Å². The van der Waals surface area contributed by atoms with Gasteiger partial charge >= 0.3 is 6.18 Å². The van der Waals surface area contributed by atoms with E-state index < -0.39 is 18.6 Å². The summed E-state index contributed by atoms with van der Waals surface area (Å²) in [6.07, 6.45) is -4.47. The molecule has 106 valence electrons. The summed E-state index contributed by atoms with van der Waals surface area (Å²) in [5.41, 5.74) is 2.19. The maximum absolute atomic E-state index is 12.1. The zero-order valence-electron chi connectivity index (χ0n) is 10.2. The van der Waals surface area contributed by atoms with Crippen LogP contribution in [0.3, 0.4) is 0 Å². The lowest BCUT2D eigenvalue weighted by Gasteiger charge is -2.10. The minimum atomic E-state index is -4.47. The molecule has 5 nitrogen and oxygen atoms in total. The van der Waals surface area contributed by atoms with Crippen molar-refractivity contribution in [2.24, 2.45) is 5.84 Å². The van der Waals surface area contributed by atoms with E-state index in [1.54, 1.807) is 29.6 Å². The van der Waals surface area contributed by atoms with Crippen LogP contribution in [0.25, 0.3) is 10.8 Å². The third-order valence-corrected chi connectivity index (χ3v) is 2.56. The molecule has 0 aliphatic rings. The van der Waals surface area contributed by atoms with Gasteiger partial charge < -0.3 is 10.7 Å². The molecule has 0 radical (unpaired) electrons. The Kier molecular flexibility index (Phi) is 3.75. The van der Waals surface area contributed by atoms with Crippen molar-refractivity contribution in [1.29, 1.82) is 0 Å². The summed E-state index contributed by atoms with van der Waals surface area (Å²) in [7, 11) is 0. The van der Waals surface area contributed by atoms with Crippen molar-refractivity contribution in [3.63, 3.8) is 0 Å². The number of alkyl halides is 3. The molecule has 1 aromatic carbocycles. The van der Waals surface area contributed by atoms with Crippen LogP contribution in [-0.2, 0) is 0 Å². The number of hydrogen-bond acceptors (Lipinski definition) is 4. The van der Waals surface area contributed by atoms with Crippen LogP contribution in [-0.4, -0.2) is 23.6 Å². The molecule has 4 N–H and O–H groups in total. The molecule has 1 aromatic heterocycles. The molecule has 8 heteroatoms. The van der Waals surface area contributed by atoms with Gasteiger partial charge in [0, 0.05) is 5.39 Å². The summed E-state index contributed by atoms with van der Waals surface area (Å²) in [6.45, 7) is -1.41. The first-order valence-corrected chi connectivity index (χ1v) is 5.62. The van der Waals surface area contributed by atoms with E-state index in [-0.39, 0.29) is 11.5 Å². The Hall–Kier alpha value is -2.35. The number of hydrogen-bond donors (Lipinski definition) is 3. The van der Waals surface area contributed by atoms with Crippen LogP contribution >= 0.6 is 0 Å². The number of carbonyl (C=O) groups excluding carboxylic acids is 1. The van der Waals surface area contributed by atoms with Gasteiger partial charge in [0.25, 0.3) is 5.91 Å². The molecule has 0 aliphatic heterocycles. The summed E-state index contributed by atoms with van der Waals surface area (Å²) in [6, 6.07) is 8.34. The van der Waals surface area contributed by atoms with Crippen molar-refractivity contribution in [2.75, 3.05) is 12.0 Å². The fourth-order valence-electron chi connectivity index (χ4n) is 1.70. The van der Waals surface area contributed by atoms with Crippen LogP contribution in [0.5, 0.6) is 0 Å². The Morgan fingerprint density at radius 1 is 1.30 bits per heavy atom. The number of fused-ring (bicyclic) bond motifs is 1. The number of amides is 1. The highest BCUT2D eigenvalue weighted by molar-refractivity contribution is 6.00. The number of pyridine rings is 1. The Morgan fingerprint density at radius 2 is 2.00 bits per heavy atom. The van der Waals surface area contributed by atoms with Gasteiger partial charge in [-0.05, 0) is 11.5 Å². The molecule has 2 aromatic rings. The van der Waals surface area contributed by atoms with Gasteiger partial charge in [-0.25, -0.2) is 10.8 Å². The lowest BCUT2D eigenvalue weighted by atomic mass is 10.1. The largest absolute Gasteiger partial charge is 0.405 e. The molecule has 1 amide bonds. The average Bonchev–Trinajstić information content (AvgIpc) is 2.42. The normalized spacial score (nSPS) is 11.4. The van der Waals surface area contributed by atoms with E-state index in [0.29, 0.717) is 10.8 Å². The number of nitrogen functional groups attached to an aromatic ring is 1. The molecule has 1 heterocycles. The molecule has 2 rings (SSSR count). The molecule has 0 saturated heterocycles. The van der Waals surface area contributed by atoms with Crippen LogP contribution < -0.4 is 16.6 Å². The first-order chi connectivity index (χ1) is 9.40. The van der Waals surface area contributed by atoms with Gasteiger partial charge in [0.2, 0.25) is 0 Å². The van der Waals surface area contributed by atoms with Crippen LogP contribution in [0.15, 0.2) is 30.3 Å². The molecule has 20 heavy (non-hydrogen) atoms. The molecule has 0 fully saturated rings. The van der Waals surface area contributed by atoms with Crippen LogP contribution in [0.4, 0.5) is 19.0 Å². The smallest absolute Gasteiger partial charge is 0.342 e. The number of nitrogens with two attached hydrogens (primary N) is 1. The zero-order valence-corrected chi connectivity index (χ0v) is 10.2. The number of aromatic nitrogens is 1. The van der Waals surface area contributed by atoms with Crippen LogP contribution in [0, 0.1) is 0 Å². The Balaban J connectivity index is 2.33. The first-order valence-electron chi connectivity index (χ1n) is 5.62. The minimum Gasteiger partial charge on any atom is -0.342 e. The van der Waals surface area contributed by atoms with Crippen molar-refractivity contribution >= 4 is 22.5 Å². The van der Waals surface area contributed by atoms with E-state index in [1.165, 1.54) is 6.07 Å². The predicted molar refractivity (Wildman–Crippen MR) is 67.9 cm³/mol. The second-order valence-electron chi connectivity index (χ2n) is 4.02. The number of hydrazine groups is 1. The lowest BCUT2D eigenvalue weighted by molar-refractivity contribution is -0.123. The molecule has 0 spiro atoms. The number of carbonyl (C=O) groups is 1. The van der Waals surface area contributed by atoms with Crippen LogP contribution in [0.1, 0.15) is 10.5 Å². The number of halogens is 3. The highest BCUT2D eigenvalue weighted by Crippen LogP contribution is 2.22. The topological polar surface area (TPSA) is 80.0 Å². The SMILES string of the molecule is NNc1nc(C(=O)NCC(F)(F)F)cc2ccccc12. The molecular weight excluding hydrogens is 273 g/mol. The summed E-state index contributed by atoms with van der Waals surface area (Å²) >= 11 is 0. The number of benzene rings is 1. The van der Waals surface area contributed by atoms with E-state index >= 15 is 0 Å². The van der Waals surface area contributed by atoms with Crippen molar-refractivity contribution in [3.05, 3.63) is 36.0 Å². The fourth-order valence-corrected chi connectivity index (χ4v) is 1.70. The lowest BCUT2D eigenvalue weighted by Crippen LogP contribution is -2.34. The molecule has 0 unspecified atom stereocenters. The average molecular weight is 284 g/mol. The second kappa shape index (κ2) is 5.33. The zero-order chi connectivity index (χ0) is 14.8. The van der Waals surface area contributed by atoms with Gasteiger partial charge in [0.15, 0.2) is 0 Å². The third-order valence-electron chi connectivity index (χ3n) is 2.56. The minimum absolute atomic E-state index is 0.138. The third kappa shape index (κ3) is 3.15. The highest BCUT2D eigenvalue weighted by Gasteiger charge is 2.28. The van der Waals surface area contributed by atoms with E-state index in [4.69, 9.17) is 5.84 Å². The molecule has 0 saturated carbocycles. The molecule has 0 aliphatic carbocycles. The quantitative estimate of drug-likeness (QED) is 0.593. The van der Waals surface area contributed by atoms with Gasteiger partial charge in [-0.3, -0.25) is 4.79 Å². The number of nitrogens with one attached hydrogen (secondary N) is 2. The summed E-state index contributed by atoms with van der Waals surface area (Å²) < 4.78 is 36.2. The first kappa shape index (κ1) is 14.1. The van der Waals surface area contributed by atoms with Crippen molar-refractivity contribution < 1.29 is 18.0 Å². The number of nitrogens with zero attached hydrogens (tertiary/aromatic N) is 1. The Morgan fingerprint density at radius 3 is 2.65 bits per heavy atom. The monoisotopic (exact) mass is 284 g/mol. The second-order valence-corrected chi connectivity index (χ2v) is 4.02. The van der Waals surface area contributed by atoms with Crippen molar-refractivity contribution in [3.8, 4) is 0 Å². The summed E-state index contributed by atoms with van der Waals surface area (Å²) in [5, 5.41) is 3.07. The highest BCUT2D eigenvalue weighted by atomic mass is 19.4. The van der Waals surface area contributed by atoms with Gasteiger partial charge in [0.1, 0.15) is 18.1 Å². The Bertz CT molecular complexity index is 642. The van der Waals surface area contributed by atoms with Gasteiger partial charge in [-0.15, -0.1) is 0 Å². The van der Waals surface area contributed by atoms with E-state index in [2.05, 4.69) is 10.4 Å². The van der Waals surface area contributed by atoms with Gasteiger partial charge in [0.05, 0.1) is 0 Å². The van der Waals surface area contributed by atoms with E-state index in [1.807, 2.05) is 0 Å². The van der Waals surface area contributed by atoms with Gasteiger partial charge in [-0.1, -0.05) is 24.3 Å². The Labute approximate surface area is 111 Å². The summed E-state index contributed by atoms with van der Waals surface area (Å²) in [5.74, 6) is 4.61. The van der Waals surface area contributed by atoms with E-state index in [9.17, 15) is 18.0 Å². The predicted octanol–water partition coefficient (Wildman–Crippen LogP) is 1.81. The van der Waals surface area contributed by atoms with Crippen molar-refractivity contribution in [2.45, 2.75) is 6.18 Å². The van der Waals surface area contributed by atoms with E-state index in [0.717, 1.165) is 0 Å². The fraction of sp³-hybridized carbons (Fsp3) is 0.167.